The summed E-state index contributed by atoms with van der Waals surface area (Å²) in [4.78, 5) is 34.3. The lowest BCUT2D eigenvalue weighted by Gasteiger charge is -2.21. The van der Waals surface area contributed by atoms with Crippen LogP contribution in [-0.4, -0.2) is 66.3 Å². The Labute approximate surface area is 105 Å². The van der Waals surface area contributed by atoms with Crippen molar-refractivity contribution in [2.45, 2.75) is 13.0 Å². The van der Waals surface area contributed by atoms with Crippen LogP contribution in [-0.2, 0) is 9.59 Å². The first-order chi connectivity index (χ1) is 8.29. The van der Waals surface area contributed by atoms with E-state index in [0.29, 0.717) is 0 Å². The molecule has 3 amide bonds. The van der Waals surface area contributed by atoms with E-state index in [0.717, 1.165) is 0 Å². The quantitative estimate of drug-likeness (QED) is 0.462. The molecule has 2 unspecified atom stereocenters. The Morgan fingerprint density at radius 3 is 2.33 bits per heavy atom. The summed E-state index contributed by atoms with van der Waals surface area (Å²) in [6.45, 7) is 1.47. The third kappa shape index (κ3) is 5.48. The van der Waals surface area contributed by atoms with Gasteiger partial charge in [-0.3, -0.25) is 4.79 Å². The van der Waals surface area contributed by atoms with E-state index in [1.54, 1.807) is 6.92 Å². The van der Waals surface area contributed by atoms with Gasteiger partial charge in [-0.15, -0.1) is 0 Å². The molecule has 0 rings (SSSR count). The molecule has 0 bridgehead atoms. The number of nitrogens with one attached hydrogen (secondary N) is 2. The minimum atomic E-state index is -1.64. The zero-order chi connectivity index (χ0) is 14.3. The van der Waals surface area contributed by atoms with Gasteiger partial charge in [0.05, 0.1) is 12.5 Å². The van der Waals surface area contributed by atoms with Gasteiger partial charge in [-0.2, -0.15) is 0 Å². The smallest absolute Gasteiger partial charge is 0.334 e. The number of carboxylic acid groups (broad SMARTS) is 1. The molecular formula is C10H19N3O5. The summed E-state index contributed by atoms with van der Waals surface area (Å²) >= 11 is 0. The molecule has 0 radical (unpaired) electrons. The second kappa shape index (κ2) is 7.49. The Morgan fingerprint density at radius 2 is 1.89 bits per heavy atom. The molecule has 0 aliphatic rings. The van der Waals surface area contributed by atoms with Crippen molar-refractivity contribution in [1.82, 2.24) is 15.5 Å². The lowest BCUT2D eigenvalue weighted by molar-refractivity contribution is -0.146. The minimum absolute atomic E-state index is 0.189. The van der Waals surface area contributed by atoms with Gasteiger partial charge in [0.25, 0.3) is 0 Å². The number of carbonyl (C=O) groups excluding carboxylic acids is 2. The molecule has 4 N–H and O–H groups in total. The maximum absolute atomic E-state index is 11.5. The zero-order valence-corrected chi connectivity index (χ0v) is 10.6. The molecule has 8 heteroatoms. The average molecular weight is 261 g/mol. The summed E-state index contributed by atoms with van der Waals surface area (Å²) in [5, 5.41) is 22.1. The Bertz CT molecular complexity index is 321. The van der Waals surface area contributed by atoms with E-state index >= 15 is 0 Å². The maximum Gasteiger partial charge on any atom is 0.334 e. The van der Waals surface area contributed by atoms with Crippen LogP contribution in [0.2, 0.25) is 0 Å². The van der Waals surface area contributed by atoms with Gasteiger partial charge in [0.2, 0.25) is 5.91 Å². The van der Waals surface area contributed by atoms with Crippen LogP contribution in [0.15, 0.2) is 0 Å². The van der Waals surface area contributed by atoms with Crippen LogP contribution in [0, 0.1) is 5.92 Å². The molecule has 0 aromatic heterocycles. The van der Waals surface area contributed by atoms with E-state index in [-0.39, 0.29) is 24.9 Å². The Morgan fingerprint density at radius 1 is 1.33 bits per heavy atom. The third-order valence-corrected chi connectivity index (χ3v) is 2.32. The summed E-state index contributed by atoms with van der Waals surface area (Å²) in [6.07, 6.45) is -1.64. The van der Waals surface area contributed by atoms with Crippen LogP contribution >= 0.6 is 0 Å². The van der Waals surface area contributed by atoms with E-state index in [1.165, 1.54) is 19.0 Å². The number of nitrogens with zero attached hydrogens (tertiary/aromatic N) is 1. The number of hydrogen-bond acceptors (Lipinski definition) is 4. The van der Waals surface area contributed by atoms with Crippen LogP contribution in [0.1, 0.15) is 6.92 Å². The molecule has 0 aromatic rings. The van der Waals surface area contributed by atoms with Gasteiger partial charge in [0.1, 0.15) is 0 Å². The molecule has 2 atom stereocenters. The van der Waals surface area contributed by atoms with Crippen LogP contribution in [0.4, 0.5) is 4.79 Å². The lowest BCUT2D eigenvalue weighted by Crippen LogP contribution is -2.45. The molecule has 0 aliphatic heterocycles. The second-order valence-electron chi connectivity index (χ2n) is 3.94. The van der Waals surface area contributed by atoms with E-state index in [2.05, 4.69) is 10.6 Å². The molecule has 0 heterocycles. The van der Waals surface area contributed by atoms with Crippen molar-refractivity contribution in [2.24, 2.45) is 5.92 Å². The highest BCUT2D eigenvalue weighted by Crippen LogP contribution is 1.98. The SMILES string of the molecule is CNC(=O)C(C)CN(C)C(=O)NCC(O)C(=O)O. The highest BCUT2D eigenvalue weighted by atomic mass is 16.4. The van der Waals surface area contributed by atoms with Crippen molar-refractivity contribution < 1.29 is 24.6 Å². The van der Waals surface area contributed by atoms with E-state index in [4.69, 9.17) is 10.2 Å². The van der Waals surface area contributed by atoms with Gasteiger partial charge in [-0.05, 0) is 0 Å². The van der Waals surface area contributed by atoms with Crippen molar-refractivity contribution in [1.29, 1.82) is 0 Å². The minimum Gasteiger partial charge on any atom is -0.479 e. The summed E-state index contributed by atoms with van der Waals surface area (Å²) < 4.78 is 0. The number of hydrogen-bond donors (Lipinski definition) is 4. The summed E-state index contributed by atoms with van der Waals surface area (Å²) in [6, 6.07) is -0.550. The van der Waals surface area contributed by atoms with Crippen LogP contribution in [0.5, 0.6) is 0 Å². The summed E-state index contributed by atoms with van der Waals surface area (Å²) in [5.74, 6) is -1.98. The molecule has 0 spiro atoms. The fourth-order valence-corrected chi connectivity index (χ4v) is 1.23. The standard InChI is InChI=1S/C10H19N3O5/c1-6(8(15)11-2)5-13(3)10(18)12-4-7(14)9(16)17/h6-7,14H,4-5H2,1-3H3,(H,11,15)(H,12,18)(H,16,17). The summed E-state index contributed by atoms with van der Waals surface area (Å²) in [5.41, 5.74) is 0. The van der Waals surface area contributed by atoms with E-state index in [9.17, 15) is 14.4 Å². The molecule has 8 nitrogen and oxygen atoms in total. The lowest BCUT2D eigenvalue weighted by atomic mass is 10.1. The largest absolute Gasteiger partial charge is 0.479 e. The van der Waals surface area contributed by atoms with Gasteiger partial charge < -0.3 is 25.7 Å². The van der Waals surface area contributed by atoms with Gasteiger partial charge in [0, 0.05) is 20.6 Å². The molecule has 18 heavy (non-hydrogen) atoms. The Kier molecular flexibility index (Phi) is 6.73. The number of carboxylic acids is 1. The van der Waals surface area contributed by atoms with Crippen molar-refractivity contribution in [3.05, 3.63) is 0 Å². The van der Waals surface area contributed by atoms with Crippen molar-refractivity contribution in [3.8, 4) is 0 Å². The molecular weight excluding hydrogens is 242 g/mol. The zero-order valence-electron chi connectivity index (χ0n) is 10.6. The number of aliphatic hydroxyl groups is 1. The number of rotatable bonds is 6. The third-order valence-electron chi connectivity index (χ3n) is 2.32. The normalized spacial score (nSPS) is 13.3. The molecule has 104 valence electrons. The van der Waals surface area contributed by atoms with Gasteiger partial charge >= 0.3 is 12.0 Å². The van der Waals surface area contributed by atoms with Crippen LogP contribution < -0.4 is 10.6 Å². The Hall–Kier alpha value is -1.83. The number of aliphatic hydroxyl groups excluding tert-OH is 1. The first kappa shape index (κ1) is 16.2. The first-order valence-electron chi connectivity index (χ1n) is 5.41. The van der Waals surface area contributed by atoms with Gasteiger partial charge in [-0.25, -0.2) is 9.59 Å². The monoisotopic (exact) mass is 261 g/mol. The van der Waals surface area contributed by atoms with E-state index in [1.807, 2.05) is 0 Å². The maximum atomic E-state index is 11.5. The summed E-state index contributed by atoms with van der Waals surface area (Å²) in [7, 11) is 2.98. The number of amides is 3. The second-order valence-corrected chi connectivity index (χ2v) is 3.94. The molecule has 0 aliphatic carbocycles. The van der Waals surface area contributed by atoms with Crippen LogP contribution in [0.25, 0.3) is 0 Å². The van der Waals surface area contributed by atoms with Crippen molar-refractivity contribution >= 4 is 17.9 Å². The van der Waals surface area contributed by atoms with Crippen molar-refractivity contribution in [3.63, 3.8) is 0 Å². The van der Waals surface area contributed by atoms with Gasteiger partial charge in [0.15, 0.2) is 6.10 Å². The Balaban J connectivity index is 4.11. The first-order valence-corrected chi connectivity index (χ1v) is 5.41. The fraction of sp³-hybridized carbons (Fsp3) is 0.700. The van der Waals surface area contributed by atoms with E-state index < -0.39 is 18.1 Å². The molecule has 0 saturated heterocycles. The molecule has 0 aromatic carbocycles. The number of carbonyl (C=O) groups is 3. The highest BCUT2D eigenvalue weighted by molar-refractivity contribution is 5.80. The van der Waals surface area contributed by atoms with Crippen molar-refractivity contribution in [2.75, 3.05) is 27.2 Å². The van der Waals surface area contributed by atoms with Gasteiger partial charge in [-0.1, -0.05) is 6.92 Å². The molecule has 0 saturated carbocycles. The predicted molar refractivity (Wildman–Crippen MR) is 62.9 cm³/mol. The average Bonchev–Trinajstić information content (AvgIpc) is 2.33. The topological polar surface area (TPSA) is 119 Å². The van der Waals surface area contributed by atoms with Crippen LogP contribution in [0.3, 0.4) is 0 Å². The highest BCUT2D eigenvalue weighted by Gasteiger charge is 2.19. The fourth-order valence-electron chi connectivity index (χ4n) is 1.23. The number of aliphatic carboxylic acids is 1. The number of urea groups is 1. The molecule has 0 fully saturated rings. The predicted octanol–water partition coefficient (Wildman–Crippen LogP) is -1.54.